The first-order valence-electron chi connectivity index (χ1n) is 11.9. The van der Waals surface area contributed by atoms with Crippen LogP contribution in [0.25, 0.3) is 0 Å². The number of amides is 2. The van der Waals surface area contributed by atoms with E-state index in [1.807, 2.05) is 12.1 Å². The number of benzene rings is 1. The van der Waals surface area contributed by atoms with Crippen LogP contribution in [0.5, 0.6) is 5.75 Å². The van der Waals surface area contributed by atoms with Gasteiger partial charge in [0.1, 0.15) is 29.9 Å². The first kappa shape index (κ1) is 29.2. The Labute approximate surface area is 233 Å². The fraction of sp³-hybridized carbons (Fsp3) is 0.409. The van der Waals surface area contributed by atoms with Crippen molar-refractivity contribution in [2.75, 3.05) is 32.0 Å². The summed E-state index contributed by atoms with van der Waals surface area (Å²) in [6.07, 6.45) is 0. The van der Waals surface area contributed by atoms with Crippen LogP contribution in [-0.4, -0.2) is 90.3 Å². The van der Waals surface area contributed by atoms with Crippen LogP contribution >= 0.6 is 11.3 Å². The van der Waals surface area contributed by atoms with Gasteiger partial charge in [0.2, 0.25) is 0 Å². The zero-order chi connectivity index (χ0) is 29.1. The third-order valence-electron chi connectivity index (χ3n) is 5.84. The van der Waals surface area contributed by atoms with Crippen LogP contribution in [0.2, 0.25) is 0 Å². The van der Waals surface area contributed by atoms with Crippen LogP contribution in [0.15, 0.2) is 39.8 Å². The van der Waals surface area contributed by atoms with Gasteiger partial charge in [-0.15, -0.1) is 15.6 Å². The van der Waals surface area contributed by atoms with Crippen LogP contribution in [-0.2, 0) is 29.1 Å². The van der Waals surface area contributed by atoms with E-state index in [9.17, 15) is 18.0 Å². The largest absolute Gasteiger partial charge is 0.490 e. The maximum Gasteiger partial charge on any atom is 0.418 e. The smallest absolute Gasteiger partial charge is 0.418 e. The third kappa shape index (κ3) is 6.83. The Morgan fingerprint density at radius 3 is 2.62 bits per heavy atom. The molecule has 2 atom stereocenters. The number of hydroxylamine groups is 2. The number of nitrogens with zero attached hydrogens (tertiary/aromatic N) is 4. The minimum atomic E-state index is -4.94. The number of anilines is 1. The summed E-state index contributed by atoms with van der Waals surface area (Å²) < 4.78 is 40.9. The highest BCUT2D eigenvalue weighted by Gasteiger charge is 2.58. The molecule has 2 aliphatic heterocycles. The van der Waals surface area contributed by atoms with Crippen molar-refractivity contribution in [3.05, 3.63) is 40.9 Å². The molecule has 2 aromatic rings. The Kier molecular flexibility index (Phi) is 8.54. The van der Waals surface area contributed by atoms with Gasteiger partial charge in [-0.3, -0.25) is 19.1 Å². The van der Waals surface area contributed by atoms with Crippen molar-refractivity contribution in [3.63, 3.8) is 0 Å². The van der Waals surface area contributed by atoms with Gasteiger partial charge in [-0.1, -0.05) is 5.16 Å². The maximum absolute atomic E-state index is 13.0. The van der Waals surface area contributed by atoms with Crippen molar-refractivity contribution >= 4 is 50.2 Å². The average Bonchev–Trinajstić information content (AvgIpc) is 3.33. The minimum Gasteiger partial charge on any atom is -0.490 e. The fourth-order valence-electron chi connectivity index (χ4n) is 3.79. The monoisotopic (exact) mass is 596 g/mol. The quantitative estimate of drug-likeness (QED) is 0.0694. The Balaban J connectivity index is 1.34. The molecule has 0 saturated carbocycles. The number of β-lactam (4-membered cyclic amide) rings is 1. The number of ether oxygens (including phenoxy) is 1. The van der Waals surface area contributed by atoms with Gasteiger partial charge >= 0.3 is 10.4 Å². The Morgan fingerprint density at radius 2 is 2.05 bits per heavy atom. The first-order chi connectivity index (χ1) is 18.8. The summed E-state index contributed by atoms with van der Waals surface area (Å²) in [7, 11) is -4.94. The van der Waals surface area contributed by atoms with Gasteiger partial charge < -0.3 is 31.7 Å². The van der Waals surface area contributed by atoms with Crippen LogP contribution < -0.4 is 26.8 Å². The first-order valence-corrected chi connectivity index (χ1v) is 14.1. The lowest BCUT2D eigenvalue weighted by Crippen LogP contribution is -2.76. The number of aliphatic imine (C=N–C) groups is 1. The lowest BCUT2D eigenvalue weighted by atomic mass is 9.84. The van der Waals surface area contributed by atoms with E-state index < -0.39 is 33.8 Å². The molecule has 40 heavy (non-hydrogen) atoms. The van der Waals surface area contributed by atoms with E-state index in [4.69, 9.17) is 25.6 Å². The molecule has 0 bridgehead atoms. The van der Waals surface area contributed by atoms with E-state index in [0.29, 0.717) is 23.9 Å². The van der Waals surface area contributed by atoms with Crippen LogP contribution in [0, 0.1) is 0 Å². The molecule has 1 saturated heterocycles. The molecule has 216 valence electrons. The summed E-state index contributed by atoms with van der Waals surface area (Å²) in [4.78, 5) is 39.1. The number of thiazole rings is 1. The molecule has 18 heteroatoms. The highest BCUT2D eigenvalue weighted by Crippen LogP contribution is 2.33. The molecular weight excluding hydrogens is 568 g/mol. The highest BCUT2D eigenvalue weighted by molar-refractivity contribution is 7.80. The third-order valence-corrected chi connectivity index (χ3v) is 6.85. The van der Waals surface area contributed by atoms with Crippen molar-refractivity contribution in [2.45, 2.75) is 31.5 Å². The number of amidine groups is 1. The van der Waals surface area contributed by atoms with E-state index in [1.165, 1.54) is 19.2 Å². The summed E-state index contributed by atoms with van der Waals surface area (Å²) in [5.41, 5.74) is 10.9. The predicted octanol–water partition coefficient (Wildman–Crippen LogP) is -0.958. The van der Waals surface area contributed by atoms with Gasteiger partial charge in [-0.25, -0.2) is 4.98 Å². The molecule has 1 aromatic carbocycles. The van der Waals surface area contributed by atoms with Crippen LogP contribution in [0.1, 0.15) is 25.1 Å². The number of hydrogen-bond acceptors (Lipinski definition) is 14. The summed E-state index contributed by atoms with van der Waals surface area (Å²) in [5, 5.41) is 11.6. The summed E-state index contributed by atoms with van der Waals surface area (Å²) in [6.45, 7) is 4.13. The van der Waals surface area contributed by atoms with E-state index in [2.05, 4.69) is 30.0 Å². The lowest BCUT2D eigenvalue weighted by molar-refractivity contribution is -0.218. The van der Waals surface area contributed by atoms with Gasteiger partial charge in [0.15, 0.2) is 17.5 Å². The molecule has 1 unspecified atom stereocenters. The van der Waals surface area contributed by atoms with E-state index in [0.717, 1.165) is 22.7 Å². The second-order valence-electron chi connectivity index (χ2n) is 9.24. The van der Waals surface area contributed by atoms with Crippen molar-refractivity contribution in [1.29, 1.82) is 0 Å². The normalized spacial score (nSPS) is 20.7. The molecule has 16 nitrogen and oxygen atoms in total. The van der Waals surface area contributed by atoms with Crippen molar-refractivity contribution in [1.82, 2.24) is 20.7 Å². The number of aromatic nitrogens is 1. The molecule has 7 N–H and O–H groups in total. The van der Waals surface area contributed by atoms with E-state index in [1.54, 1.807) is 12.1 Å². The summed E-state index contributed by atoms with van der Waals surface area (Å²) in [6, 6.07) is 6.08. The highest BCUT2D eigenvalue weighted by atomic mass is 32.3. The van der Waals surface area contributed by atoms with E-state index in [-0.39, 0.29) is 35.8 Å². The average molecular weight is 597 g/mol. The van der Waals surface area contributed by atoms with Crippen LogP contribution in [0.3, 0.4) is 0 Å². The molecule has 2 aliphatic rings. The number of carbonyl (C=O) groups is 2. The zero-order valence-electron chi connectivity index (χ0n) is 21.4. The minimum absolute atomic E-state index is 0.000929. The van der Waals surface area contributed by atoms with Crippen molar-refractivity contribution < 1.29 is 36.4 Å². The number of nitrogens with two attached hydrogens (primary N) is 2. The lowest BCUT2D eigenvalue weighted by Gasteiger charge is -2.50. The SMILES string of the molecule is CC1(C)[C@H](NC(=O)/C(=N\OCCOc2ccc(C3=NCC(N)CN3)cc2)c2csc(N)n2)C(=O)N1OS(=O)(=O)O. The zero-order valence-corrected chi connectivity index (χ0v) is 23.1. The second kappa shape index (κ2) is 11.7. The molecule has 3 heterocycles. The topological polar surface area (TPSA) is 233 Å². The number of carbonyl (C=O) groups excluding carboxylic acids is 2. The molecule has 2 amide bonds. The molecular formula is C22H28N8O8S2. The summed E-state index contributed by atoms with van der Waals surface area (Å²) in [5.74, 6) is -0.384. The molecule has 4 rings (SSSR count). The number of rotatable bonds is 11. The molecule has 1 fully saturated rings. The van der Waals surface area contributed by atoms with Crippen molar-refractivity contribution in [2.24, 2.45) is 15.9 Å². The Morgan fingerprint density at radius 1 is 1.32 bits per heavy atom. The fourth-order valence-corrected chi connectivity index (χ4v) is 4.79. The number of nitrogen functional groups attached to an aromatic ring is 1. The van der Waals surface area contributed by atoms with Gasteiger partial charge in [0, 0.05) is 23.5 Å². The Bertz CT molecular complexity index is 1420. The van der Waals surface area contributed by atoms with Gasteiger partial charge in [-0.2, -0.15) is 13.5 Å². The van der Waals surface area contributed by atoms with Gasteiger partial charge in [0.05, 0.1) is 12.1 Å². The molecule has 0 aliphatic carbocycles. The number of nitrogens with one attached hydrogen (secondary N) is 2. The second-order valence-corrected chi connectivity index (χ2v) is 11.1. The molecule has 0 spiro atoms. The number of hydrogen-bond donors (Lipinski definition) is 5. The summed E-state index contributed by atoms with van der Waals surface area (Å²) >= 11 is 1.07. The molecule has 1 aromatic heterocycles. The predicted molar refractivity (Wildman–Crippen MR) is 144 cm³/mol. The van der Waals surface area contributed by atoms with Gasteiger partial charge in [0.25, 0.3) is 11.8 Å². The number of oxime groups is 1. The maximum atomic E-state index is 13.0. The van der Waals surface area contributed by atoms with Crippen molar-refractivity contribution in [3.8, 4) is 5.75 Å². The van der Waals surface area contributed by atoms with E-state index >= 15 is 0 Å². The Hall–Kier alpha value is -3.84. The standard InChI is InChI=1S/C22H28N8O8S2/c1-22(2)17(20(32)30(22)38-40(33,34)35)28-19(31)16(15-11-39-21(24)27-15)29-37-8-7-36-14-5-3-12(4-6-14)18-25-9-13(23)10-26-18/h3-6,11,13,17H,7-10,23H2,1-2H3,(H2,24,27)(H,25,26)(H,28,31)(H,33,34,35)/b29-16-/t17-/m1/s1. The van der Waals surface area contributed by atoms with Crippen LogP contribution in [0.4, 0.5) is 5.13 Å². The van der Waals surface area contributed by atoms with Gasteiger partial charge in [-0.05, 0) is 38.1 Å². The molecule has 0 radical (unpaired) electrons.